The van der Waals surface area contributed by atoms with Crippen LogP contribution in [0.3, 0.4) is 0 Å². The summed E-state index contributed by atoms with van der Waals surface area (Å²) in [5.41, 5.74) is 0. The van der Waals surface area contributed by atoms with Crippen molar-refractivity contribution >= 4 is 12.0 Å². The zero-order chi connectivity index (χ0) is 14.3. The number of urea groups is 1. The zero-order valence-corrected chi connectivity index (χ0v) is 12.0. The van der Waals surface area contributed by atoms with E-state index in [4.69, 9.17) is 5.11 Å². The van der Waals surface area contributed by atoms with E-state index in [1.54, 1.807) is 0 Å². The molecule has 2 atom stereocenters. The Labute approximate surface area is 115 Å². The number of carbonyl (C=O) groups excluding carboxylic acids is 1. The van der Waals surface area contributed by atoms with E-state index in [1.165, 1.54) is 12.8 Å². The monoisotopic (exact) mass is 270 g/mol. The fourth-order valence-electron chi connectivity index (χ4n) is 2.63. The first-order valence-electron chi connectivity index (χ1n) is 7.37. The molecule has 0 spiro atoms. The molecule has 2 unspecified atom stereocenters. The van der Waals surface area contributed by atoms with Crippen LogP contribution < -0.4 is 5.32 Å². The molecule has 5 heteroatoms. The number of hydrogen-bond acceptors (Lipinski definition) is 2. The number of rotatable bonds is 5. The van der Waals surface area contributed by atoms with Gasteiger partial charge in [-0.3, -0.25) is 4.79 Å². The lowest BCUT2D eigenvalue weighted by atomic mass is 10.1. The van der Waals surface area contributed by atoms with Gasteiger partial charge in [0.1, 0.15) is 0 Å². The van der Waals surface area contributed by atoms with Gasteiger partial charge >= 0.3 is 12.0 Å². The molecule has 0 aromatic rings. The van der Waals surface area contributed by atoms with Crippen molar-refractivity contribution in [2.24, 2.45) is 0 Å². The predicted molar refractivity (Wildman–Crippen MR) is 74.1 cm³/mol. The van der Waals surface area contributed by atoms with E-state index >= 15 is 0 Å². The number of amides is 2. The van der Waals surface area contributed by atoms with Crippen LogP contribution >= 0.6 is 0 Å². The van der Waals surface area contributed by atoms with Crippen LogP contribution in [-0.2, 0) is 4.79 Å². The summed E-state index contributed by atoms with van der Waals surface area (Å²) in [7, 11) is 0. The number of nitrogens with zero attached hydrogens (tertiary/aromatic N) is 1. The third-order valence-corrected chi connectivity index (χ3v) is 3.85. The van der Waals surface area contributed by atoms with Gasteiger partial charge in [-0.2, -0.15) is 0 Å². The van der Waals surface area contributed by atoms with E-state index in [0.717, 1.165) is 25.8 Å². The van der Waals surface area contributed by atoms with E-state index in [0.29, 0.717) is 12.5 Å². The van der Waals surface area contributed by atoms with Gasteiger partial charge in [0.15, 0.2) is 0 Å². The standard InChI is InChI=1S/C14H26N2O3/c1-3-11(10-13(17)18)15-14(19)16-9-7-5-6-8-12(16)4-2/h11-12H,3-10H2,1-2H3,(H,15,19)(H,17,18). The number of carboxylic acid groups (broad SMARTS) is 1. The number of hydrogen-bond donors (Lipinski definition) is 2. The van der Waals surface area contributed by atoms with Gasteiger partial charge in [-0.05, 0) is 25.7 Å². The minimum absolute atomic E-state index is 0.00707. The van der Waals surface area contributed by atoms with Gasteiger partial charge in [-0.15, -0.1) is 0 Å². The number of carbonyl (C=O) groups is 2. The van der Waals surface area contributed by atoms with Crippen LogP contribution in [0.1, 0.15) is 58.8 Å². The van der Waals surface area contributed by atoms with Crippen LogP contribution in [0.2, 0.25) is 0 Å². The minimum atomic E-state index is -0.866. The third-order valence-electron chi connectivity index (χ3n) is 3.85. The van der Waals surface area contributed by atoms with Gasteiger partial charge in [0, 0.05) is 18.6 Å². The molecule has 1 fully saturated rings. The summed E-state index contributed by atoms with van der Waals surface area (Å²) in [6.45, 7) is 4.78. The molecule has 1 saturated heterocycles. The van der Waals surface area contributed by atoms with Crippen molar-refractivity contribution in [1.82, 2.24) is 10.2 Å². The SMILES string of the molecule is CCC(CC(=O)O)NC(=O)N1CCCCCC1CC. The summed E-state index contributed by atoms with van der Waals surface area (Å²) in [4.78, 5) is 24.9. The van der Waals surface area contributed by atoms with Crippen LogP contribution in [0, 0.1) is 0 Å². The summed E-state index contributed by atoms with van der Waals surface area (Å²) >= 11 is 0. The lowest BCUT2D eigenvalue weighted by molar-refractivity contribution is -0.137. The van der Waals surface area contributed by atoms with E-state index in [1.807, 2.05) is 11.8 Å². The van der Waals surface area contributed by atoms with E-state index in [-0.39, 0.29) is 18.5 Å². The number of likely N-dealkylation sites (tertiary alicyclic amines) is 1. The molecule has 0 aliphatic carbocycles. The highest BCUT2D eigenvalue weighted by Crippen LogP contribution is 2.19. The quantitative estimate of drug-likeness (QED) is 0.806. The van der Waals surface area contributed by atoms with Gasteiger partial charge < -0.3 is 15.3 Å². The molecule has 0 bridgehead atoms. The highest BCUT2D eigenvalue weighted by atomic mass is 16.4. The summed E-state index contributed by atoms with van der Waals surface area (Å²) in [6, 6.07) is -0.0718. The summed E-state index contributed by atoms with van der Waals surface area (Å²) in [5, 5.41) is 11.7. The van der Waals surface area contributed by atoms with E-state index in [9.17, 15) is 9.59 Å². The van der Waals surface area contributed by atoms with Gasteiger partial charge in [0.2, 0.25) is 0 Å². The first-order chi connectivity index (χ1) is 9.08. The Balaban J connectivity index is 2.59. The number of carboxylic acids is 1. The second-order valence-electron chi connectivity index (χ2n) is 5.26. The number of nitrogens with one attached hydrogen (secondary N) is 1. The lowest BCUT2D eigenvalue weighted by Gasteiger charge is -2.31. The highest BCUT2D eigenvalue weighted by molar-refractivity contribution is 5.76. The first kappa shape index (κ1) is 15.8. The van der Waals surface area contributed by atoms with Crippen molar-refractivity contribution in [2.75, 3.05) is 6.54 Å². The average Bonchev–Trinajstić information content (AvgIpc) is 2.62. The maximum absolute atomic E-state index is 12.3. The molecule has 2 amide bonds. The molecule has 0 saturated carbocycles. The van der Waals surface area contributed by atoms with Crippen LogP contribution in [-0.4, -0.2) is 40.6 Å². The fourth-order valence-corrected chi connectivity index (χ4v) is 2.63. The molecule has 1 rings (SSSR count). The number of aliphatic carboxylic acids is 1. The van der Waals surface area contributed by atoms with Crippen molar-refractivity contribution in [2.45, 2.75) is 70.9 Å². The maximum Gasteiger partial charge on any atom is 0.317 e. The highest BCUT2D eigenvalue weighted by Gasteiger charge is 2.25. The van der Waals surface area contributed by atoms with Gasteiger partial charge in [-0.25, -0.2) is 4.79 Å². The minimum Gasteiger partial charge on any atom is -0.481 e. The third kappa shape index (κ3) is 5.09. The molecule has 1 heterocycles. The summed E-state index contributed by atoms with van der Waals surface area (Å²) < 4.78 is 0. The zero-order valence-electron chi connectivity index (χ0n) is 12.0. The van der Waals surface area contributed by atoms with E-state index < -0.39 is 5.97 Å². The molecule has 5 nitrogen and oxygen atoms in total. The largest absolute Gasteiger partial charge is 0.481 e. The molecule has 1 aliphatic heterocycles. The summed E-state index contributed by atoms with van der Waals surface area (Å²) in [6.07, 6.45) is 6.04. The van der Waals surface area contributed by atoms with Crippen molar-refractivity contribution in [3.8, 4) is 0 Å². The summed E-state index contributed by atoms with van der Waals surface area (Å²) in [5.74, 6) is -0.866. The normalized spacial score (nSPS) is 21.6. The van der Waals surface area contributed by atoms with Crippen LogP contribution in [0.4, 0.5) is 4.79 Å². The molecular weight excluding hydrogens is 244 g/mol. The van der Waals surface area contributed by atoms with Crippen LogP contribution in [0.15, 0.2) is 0 Å². The van der Waals surface area contributed by atoms with Gasteiger partial charge in [0.25, 0.3) is 0 Å². The molecule has 19 heavy (non-hydrogen) atoms. The van der Waals surface area contributed by atoms with Gasteiger partial charge in [0.05, 0.1) is 6.42 Å². The molecule has 1 aliphatic rings. The Morgan fingerprint density at radius 3 is 2.63 bits per heavy atom. The van der Waals surface area contributed by atoms with E-state index in [2.05, 4.69) is 12.2 Å². The Hall–Kier alpha value is -1.26. The topological polar surface area (TPSA) is 69.6 Å². The molecule has 0 aromatic heterocycles. The lowest BCUT2D eigenvalue weighted by Crippen LogP contribution is -2.49. The van der Waals surface area contributed by atoms with Crippen molar-refractivity contribution in [3.63, 3.8) is 0 Å². The second-order valence-corrected chi connectivity index (χ2v) is 5.26. The smallest absolute Gasteiger partial charge is 0.317 e. The van der Waals surface area contributed by atoms with Crippen molar-refractivity contribution in [3.05, 3.63) is 0 Å². The van der Waals surface area contributed by atoms with Crippen LogP contribution in [0.5, 0.6) is 0 Å². The molecule has 2 N–H and O–H groups in total. The second kappa shape index (κ2) is 8.02. The molecule has 0 radical (unpaired) electrons. The molecular formula is C14H26N2O3. The Morgan fingerprint density at radius 1 is 1.32 bits per heavy atom. The Kier molecular flexibility index (Phi) is 6.67. The Bertz CT molecular complexity index is 307. The average molecular weight is 270 g/mol. The molecule has 0 aromatic carbocycles. The maximum atomic E-state index is 12.3. The van der Waals surface area contributed by atoms with Crippen molar-refractivity contribution < 1.29 is 14.7 Å². The first-order valence-corrected chi connectivity index (χ1v) is 7.37. The van der Waals surface area contributed by atoms with Gasteiger partial charge in [-0.1, -0.05) is 26.7 Å². The van der Waals surface area contributed by atoms with Crippen molar-refractivity contribution in [1.29, 1.82) is 0 Å². The predicted octanol–water partition coefficient (Wildman–Crippen LogP) is 2.60. The van der Waals surface area contributed by atoms with Crippen LogP contribution in [0.25, 0.3) is 0 Å². The fraction of sp³-hybridized carbons (Fsp3) is 0.857. The Morgan fingerprint density at radius 2 is 2.05 bits per heavy atom. The molecule has 110 valence electrons.